The Morgan fingerprint density at radius 1 is 1.03 bits per heavy atom. The van der Waals surface area contributed by atoms with Crippen LogP contribution in [-0.4, -0.2) is 46.9 Å². The quantitative estimate of drug-likeness (QED) is 0.475. The number of carbonyl (C=O) groups is 1. The van der Waals surface area contributed by atoms with Crippen LogP contribution >= 0.6 is 0 Å². The molecule has 1 amide bonds. The monoisotopic (exact) mass is 448 g/mol. The lowest BCUT2D eigenvalue weighted by molar-refractivity contribution is -0.121. The maximum Gasteiger partial charge on any atom is 0.232 e. The standard InChI is InChI=1S/C23H32N2O5S/c1-4-19-12-14-20(15-13-19)30-18-16-24-23(26)11-8-17-25(31(3,27)28)21-9-6-7-10-22(21)29-5-2/h6-7,9-10,12-15H,4-5,8,11,16-18H2,1-3H3,(H,24,26). The van der Waals surface area contributed by atoms with Crippen LogP contribution in [0.15, 0.2) is 48.5 Å². The Kier molecular flexibility index (Phi) is 9.65. The Hall–Kier alpha value is -2.74. The summed E-state index contributed by atoms with van der Waals surface area (Å²) in [5.41, 5.74) is 1.72. The Labute approximate surface area is 185 Å². The maximum absolute atomic E-state index is 12.3. The molecule has 1 N–H and O–H groups in total. The molecular formula is C23H32N2O5S. The first-order valence-electron chi connectivity index (χ1n) is 10.5. The highest BCUT2D eigenvalue weighted by Gasteiger charge is 2.21. The molecule has 0 aliphatic carbocycles. The van der Waals surface area contributed by atoms with Crippen LogP contribution in [0.25, 0.3) is 0 Å². The fourth-order valence-corrected chi connectivity index (χ4v) is 4.03. The molecule has 31 heavy (non-hydrogen) atoms. The third-order valence-electron chi connectivity index (χ3n) is 4.62. The molecule has 2 aromatic carbocycles. The van der Waals surface area contributed by atoms with Gasteiger partial charge in [-0.2, -0.15) is 0 Å². The third-order valence-corrected chi connectivity index (χ3v) is 5.80. The zero-order valence-corrected chi connectivity index (χ0v) is 19.3. The van der Waals surface area contributed by atoms with Crippen LogP contribution in [0, 0.1) is 0 Å². The van der Waals surface area contributed by atoms with Crippen molar-refractivity contribution in [3.63, 3.8) is 0 Å². The second kappa shape index (κ2) is 12.2. The van der Waals surface area contributed by atoms with E-state index in [4.69, 9.17) is 9.47 Å². The van der Waals surface area contributed by atoms with Gasteiger partial charge in [0.05, 0.1) is 25.1 Å². The number of ether oxygens (including phenoxy) is 2. The molecule has 170 valence electrons. The van der Waals surface area contributed by atoms with E-state index >= 15 is 0 Å². The van der Waals surface area contributed by atoms with Crippen LogP contribution in [0.3, 0.4) is 0 Å². The molecular weight excluding hydrogens is 416 g/mol. The van der Waals surface area contributed by atoms with Crippen LogP contribution in [0.1, 0.15) is 32.3 Å². The van der Waals surface area contributed by atoms with Crippen LogP contribution in [0.4, 0.5) is 5.69 Å². The Bertz CT molecular complexity index is 929. The molecule has 7 nitrogen and oxygen atoms in total. The number of anilines is 1. The van der Waals surface area contributed by atoms with Crippen molar-refractivity contribution in [1.82, 2.24) is 5.32 Å². The van der Waals surface area contributed by atoms with E-state index < -0.39 is 10.0 Å². The zero-order chi connectivity index (χ0) is 22.7. The van der Waals surface area contributed by atoms with Gasteiger partial charge in [-0.15, -0.1) is 0 Å². The second-order valence-corrected chi connectivity index (χ2v) is 8.94. The lowest BCUT2D eigenvalue weighted by atomic mass is 10.2. The fraction of sp³-hybridized carbons (Fsp3) is 0.435. The highest BCUT2D eigenvalue weighted by molar-refractivity contribution is 7.92. The summed E-state index contributed by atoms with van der Waals surface area (Å²) in [6.45, 7) is 5.32. The van der Waals surface area contributed by atoms with Gasteiger partial charge in [-0.25, -0.2) is 8.42 Å². The van der Waals surface area contributed by atoms with Crippen molar-refractivity contribution in [1.29, 1.82) is 0 Å². The van der Waals surface area contributed by atoms with Gasteiger partial charge in [-0.3, -0.25) is 9.10 Å². The van der Waals surface area contributed by atoms with Crippen molar-refractivity contribution in [3.05, 3.63) is 54.1 Å². The minimum Gasteiger partial charge on any atom is -0.492 e. The van der Waals surface area contributed by atoms with Gasteiger partial charge in [0.1, 0.15) is 18.1 Å². The molecule has 0 aromatic heterocycles. The SMILES string of the molecule is CCOc1ccccc1N(CCCC(=O)NCCOc1ccc(CC)cc1)S(C)(=O)=O. The summed E-state index contributed by atoms with van der Waals surface area (Å²) in [5.74, 6) is 1.13. The minimum atomic E-state index is -3.51. The molecule has 0 spiro atoms. The molecule has 0 aliphatic rings. The fourth-order valence-electron chi connectivity index (χ4n) is 3.06. The number of amides is 1. The summed E-state index contributed by atoms with van der Waals surface area (Å²) >= 11 is 0. The number of nitrogens with one attached hydrogen (secondary N) is 1. The highest BCUT2D eigenvalue weighted by Crippen LogP contribution is 2.30. The van der Waals surface area contributed by atoms with E-state index in [0.29, 0.717) is 37.6 Å². The first-order valence-corrected chi connectivity index (χ1v) is 12.4. The first kappa shape index (κ1) is 24.5. The molecule has 0 bridgehead atoms. The number of nitrogens with zero attached hydrogens (tertiary/aromatic N) is 1. The number of hydrogen-bond acceptors (Lipinski definition) is 5. The second-order valence-electron chi connectivity index (χ2n) is 7.04. The molecule has 0 unspecified atom stereocenters. The van der Waals surface area contributed by atoms with Crippen molar-refractivity contribution in [2.24, 2.45) is 0 Å². The van der Waals surface area contributed by atoms with Gasteiger partial charge in [0.15, 0.2) is 0 Å². The molecule has 0 fully saturated rings. The summed E-state index contributed by atoms with van der Waals surface area (Å²) in [6, 6.07) is 14.9. The van der Waals surface area contributed by atoms with Crippen LogP contribution in [-0.2, 0) is 21.2 Å². The molecule has 8 heteroatoms. The van der Waals surface area contributed by atoms with Gasteiger partial charge in [0.2, 0.25) is 15.9 Å². The van der Waals surface area contributed by atoms with Crippen molar-refractivity contribution >= 4 is 21.6 Å². The average Bonchev–Trinajstić information content (AvgIpc) is 2.75. The molecule has 0 aliphatic heterocycles. The Balaban J connectivity index is 1.79. The summed E-state index contributed by atoms with van der Waals surface area (Å²) in [6.07, 6.45) is 2.73. The minimum absolute atomic E-state index is 0.142. The van der Waals surface area contributed by atoms with E-state index in [9.17, 15) is 13.2 Å². The van der Waals surface area contributed by atoms with Crippen molar-refractivity contribution in [2.75, 3.05) is 36.9 Å². The maximum atomic E-state index is 12.3. The predicted molar refractivity (Wildman–Crippen MR) is 123 cm³/mol. The molecule has 2 aromatic rings. The van der Waals surface area contributed by atoms with Gasteiger partial charge in [-0.1, -0.05) is 31.2 Å². The normalized spacial score (nSPS) is 11.1. The summed E-state index contributed by atoms with van der Waals surface area (Å²) in [7, 11) is -3.51. The predicted octanol–water partition coefficient (Wildman–Crippen LogP) is 3.39. The van der Waals surface area contributed by atoms with Crippen LogP contribution in [0.2, 0.25) is 0 Å². The molecule has 0 saturated carbocycles. The van der Waals surface area contributed by atoms with E-state index in [1.807, 2.05) is 31.2 Å². The molecule has 0 heterocycles. The molecule has 0 atom stereocenters. The molecule has 2 rings (SSSR count). The highest BCUT2D eigenvalue weighted by atomic mass is 32.2. The number of carbonyl (C=O) groups excluding carboxylic acids is 1. The molecule has 0 radical (unpaired) electrons. The van der Waals surface area contributed by atoms with E-state index in [1.165, 1.54) is 9.87 Å². The number of benzene rings is 2. The van der Waals surface area contributed by atoms with Crippen molar-refractivity contribution in [3.8, 4) is 11.5 Å². The average molecular weight is 449 g/mol. The summed E-state index contributed by atoms with van der Waals surface area (Å²) in [5, 5.41) is 2.80. The molecule has 0 saturated heterocycles. The van der Waals surface area contributed by atoms with Gasteiger partial charge >= 0.3 is 0 Å². The van der Waals surface area contributed by atoms with Crippen molar-refractivity contribution < 1.29 is 22.7 Å². The van der Waals surface area contributed by atoms with Gasteiger partial charge in [-0.05, 0) is 49.6 Å². The van der Waals surface area contributed by atoms with Crippen LogP contribution in [0.5, 0.6) is 11.5 Å². The Morgan fingerprint density at radius 3 is 2.39 bits per heavy atom. The van der Waals surface area contributed by atoms with E-state index in [0.717, 1.165) is 18.4 Å². The first-order chi connectivity index (χ1) is 14.8. The van der Waals surface area contributed by atoms with Gasteiger partial charge in [0.25, 0.3) is 0 Å². The Morgan fingerprint density at radius 2 is 1.74 bits per heavy atom. The number of sulfonamides is 1. The number of para-hydroxylation sites is 2. The van der Waals surface area contributed by atoms with Gasteiger partial charge < -0.3 is 14.8 Å². The largest absolute Gasteiger partial charge is 0.492 e. The number of hydrogen-bond donors (Lipinski definition) is 1. The van der Waals surface area contributed by atoms with Crippen molar-refractivity contribution in [2.45, 2.75) is 33.1 Å². The van der Waals surface area contributed by atoms with Gasteiger partial charge in [0, 0.05) is 13.0 Å². The number of aryl methyl sites for hydroxylation is 1. The third kappa shape index (κ3) is 8.13. The van der Waals surface area contributed by atoms with E-state index in [-0.39, 0.29) is 18.9 Å². The lowest BCUT2D eigenvalue weighted by Crippen LogP contribution is -2.33. The summed E-state index contributed by atoms with van der Waals surface area (Å²) < 4.78 is 37.1. The van der Waals surface area contributed by atoms with E-state index in [2.05, 4.69) is 12.2 Å². The lowest BCUT2D eigenvalue weighted by Gasteiger charge is -2.24. The van der Waals surface area contributed by atoms with E-state index in [1.54, 1.807) is 24.3 Å². The topological polar surface area (TPSA) is 84.9 Å². The zero-order valence-electron chi connectivity index (χ0n) is 18.5. The summed E-state index contributed by atoms with van der Waals surface area (Å²) in [4.78, 5) is 12.1. The smallest absolute Gasteiger partial charge is 0.232 e. The van der Waals surface area contributed by atoms with Crippen LogP contribution < -0.4 is 19.1 Å². The number of rotatable bonds is 13.